The van der Waals surface area contributed by atoms with Crippen LogP contribution < -0.4 is 11.1 Å². The van der Waals surface area contributed by atoms with Crippen molar-refractivity contribution in [3.05, 3.63) is 21.9 Å². The lowest BCUT2D eigenvalue weighted by Gasteiger charge is -2.35. The average Bonchev–Trinajstić information content (AvgIpc) is 2.86. The predicted octanol–water partition coefficient (Wildman–Crippen LogP) is 3.47. The molecule has 1 saturated carbocycles. The largest absolute Gasteiger partial charge is 0.392 e. The molecule has 0 bridgehead atoms. The molecule has 20 heavy (non-hydrogen) atoms. The third-order valence-electron chi connectivity index (χ3n) is 4.15. The summed E-state index contributed by atoms with van der Waals surface area (Å²) in [5, 5.41) is 3.11. The highest BCUT2D eigenvalue weighted by Crippen LogP contribution is 2.37. The van der Waals surface area contributed by atoms with Gasteiger partial charge in [0.25, 0.3) is 0 Å². The number of thiocarbonyl (C=S) groups is 1. The molecule has 1 amide bonds. The number of carbonyl (C=O) groups is 1. The van der Waals surface area contributed by atoms with E-state index < -0.39 is 5.41 Å². The molecular formula is C15H22N2OS2. The van der Waals surface area contributed by atoms with Crippen LogP contribution in [-0.2, 0) is 4.79 Å². The van der Waals surface area contributed by atoms with Gasteiger partial charge in [0, 0.05) is 9.75 Å². The van der Waals surface area contributed by atoms with Crippen LogP contribution in [0.4, 0.5) is 0 Å². The molecule has 0 saturated heterocycles. The molecule has 3 nitrogen and oxygen atoms in total. The molecule has 3 N–H and O–H groups in total. The fourth-order valence-electron chi connectivity index (χ4n) is 2.83. The van der Waals surface area contributed by atoms with Gasteiger partial charge in [-0.05, 0) is 38.8 Å². The fraction of sp³-hybridized carbons (Fsp3) is 0.600. The van der Waals surface area contributed by atoms with E-state index in [0.717, 1.165) is 32.1 Å². The molecule has 1 aromatic heterocycles. The Hall–Kier alpha value is -0.940. The molecule has 0 aromatic carbocycles. The molecule has 5 heteroatoms. The maximum Gasteiger partial charge on any atom is 0.233 e. The summed E-state index contributed by atoms with van der Waals surface area (Å²) in [7, 11) is 0. The van der Waals surface area contributed by atoms with Gasteiger partial charge >= 0.3 is 0 Å². The van der Waals surface area contributed by atoms with E-state index in [9.17, 15) is 4.79 Å². The number of thiophene rings is 1. The Balaban J connectivity index is 2.11. The van der Waals surface area contributed by atoms with Crippen molar-refractivity contribution in [1.82, 2.24) is 5.32 Å². The van der Waals surface area contributed by atoms with Gasteiger partial charge in [0.1, 0.15) is 0 Å². The highest BCUT2D eigenvalue weighted by Gasteiger charge is 2.42. The van der Waals surface area contributed by atoms with Gasteiger partial charge in [-0.3, -0.25) is 4.79 Å². The summed E-state index contributed by atoms with van der Waals surface area (Å²) in [6.45, 7) is 4.08. The minimum absolute atomic E-state index is 0.00301. The molecule has 1 aliphatic rings. The van der Waals surface area contributed by atoms with Crippen molar-refractivity contribution in [2.24, 2.45) is 11.1 Å². The molecule has 1 aromatic rings. The Kier molecular flexibility index (Phi) is 4.81. The summed E-state index contributed by atoms with van der Waals surface area (Å²) < 4.78 is 0. The number of hydrogen-bond donors (Lipinski definition) is 2. The minimum Gasteiger partial charge on any atom is -0.392 e. The Morgan fingerprint density at radius 2 is 2.05 bits per heavy atom. The van der Waals surface area contributed by atoms with Crippen LogP contribution in [0.25, 0.3) is 0 Å². The number of hydrogen-bond acceptors (Lipinski definition) is 3. The van der Waals surface area contributed by atoms with Gasteiger partial charge in [0.2, 0.25) is 5.91 Å². The summed E-state index contributed by atoms with van der Waals surface area (Å²) in [4.78, 5) is 15.5. The standard InChI is InChI=1S/C15H22N2OS2/c1-10-6-7-12(20-10)11(2)17-14(18)15(13(16)19)8-4-3-5-9-15/h6-7,11H,3-5,8-9H2,1-2H3,(H2,16,19)(H,17,18). The molecule has 0 aliphatic heterocycles. The lowest BCUT2D eigenvalue weighted by atomic mass is 9.73. The van der Waals surface area contributed by atoms with Gasteiger partial charge in [0.15, 0.2) is 0 Å². The zero-order chi connectivity index (χ0) is 14.8. The zero-order valence-corrected chi connectivity index (χ0v) is 13.7. The molecule has 1 aliphatic carbocycles. The third-order valence-corrected chi connectivity index (χ3v) is 5.72. The highest BCUT2D eigenvalue weighted by atomic mass is 32.1. The van der Waals surface area contributed by atoms with E-state index in [2.05, 4.69) is 24.4 Å². The first-order chi connectivity index (χ1) is 9.45. The van der Waals surface area contributed by atoms with Crippen molar-refractivity contribution in [2.45, 2.75) is 52.0 Å². The molecule has 1 unspecified atom stereocenters. The number of carbonyl (C=O) groups excluding carboxylic acids is 1. The maximum atomic E-state index is 12.7. The van der Waals surface area contributed by atoms with Gasteiger partial charge in [-0.1, -0.05) is 31.5 Å². The van der Waals surface area contributed by atoms with Crippen LogP contribution in [0.2, 0.25) is 0 Å². The van der Waals surface area contributed by atoms with Gasteiger partial charge < -0.3 is 11.1 Å². The summed E-state index contributed by atoms with van der Waals surface area (Å²) >= 11 is 6.91. The smallest absolute Gasteiger partial charge is 0.233 e. The van der Waals surface area contributed by atoms with Crippen LogP contribution in [0, 0.1) is 12.3 Å². The van der Waals surface area contributed by atoms with Crippen LogP contribution in [-0.4, -0.2) is 10.9 Å². The van der Waals surface area contributed by atoms with Crippen LogP contribution in [0.5, 0.6) is 0 Å². The maximum absolute atomic E-state index is 12.7. The Morgan fingerprint density at radius 3 is 2.55 bits per heavy atom. The van der Waals surface area contributed by atoms with Crippen molar-refractivity contribution >= 4 is 34.5 Å². The molecule has 0 spiro atoms. The van der Waals surface area contributed by atoms with Crippen LogP contribution in [0.1, 0.15) is 54.8 Å². The van der Waals surface area contributed by atoms with Crippen molar-refractivity contribution in [3.63, 3.8) is 0 Å². The number of rotatable bonds is 4. The number of amides is 1. The van der Waals surface area contributed by atoms with Crippen molar-refractivity contribution in [1.29, 1.82) is 0 Å². The van der Waals surface area contributed by atoms with Gasteiger partial charge in [-0.25, -0.2) is 0 Å². The quantitative estimate of drug-likeness (QED) is 0.837. The van der Waals surface area contributed by atoms with E-state index in [-0.39, 0.29) is 11.9 Å². The van der Waals surface area contributed by atoms with Crippen molar-refractivity contribution < 1.29 is 4.79 Å². The number of nitrogens with one attached hydrogen (secondary N) is 1. The first kappa shape index (κ1) is 15.4. The van der Waals surface area contributed by atoms with E-state index in [4.69, 9.17) is 18.0 Å². The van der Waals surface area contributed by atoms with Crippen LogP contribution in [0.3, 0.4) is 0 Å². The average molecular weight is 310 g/mol. The van der Waals surface area contributed by atoms with E-state index in [1.54, 1.807) is 11.3 Å². The van der Waals surface area contributed by atoms with E-state index >= 15 is 0 Å². The topological polar surface area (TPSA) is 55.1 Å². The highest BCUT2D eigenvalue weighted by molar-refractivity contribution is 7.80. The molecule has 1 heterocycles. The first-order valence-electron chi connectivity index (χ1n) is 7.13. The minimum atomic E-state index is -0.631. The van der Waals surface area contributed by atoms with Crippen LogP contribution in [0.15, 0.2) is 12.1 Å². The summed E-state index contributed by atoms with van der Waals surface area (Å²) in [5.74, 6) is 0.00301. The zero-order valence-electron chi connectivity index (χ0n) is 12.1. The lowest BCUT2D eigenvalue weighted by molar-refractivity contribution is -0.129. The fourth-order valence-corrected chi connectivity index (χ4v) is 4.01. The SMILES string of the molecule is Cc1ccc(C(C)NC(=O)C2(C(N)=S)CCCCC2)s1. The van der Waals surface area contributed by atoms with E-state index in [1.165, 1.54) is 9.75 Å². The Bertz CT molecular complexity index is 504. The number of aryl methyl sites for hydroxylation is 1. The van der Waals surface area contributed by atoms with Gasteiger partial charge in [-0.2, -0.15) is 0 Å². The Labute approximate surface area is 129 Å². The first-order valence-corrected chi connectivity index (χ1v) is 8.35. The summed E-state index contributed by atoms with van der Waals surface area (Å²) in [6.07, 6.45) is 4.78. The lowest BCUT2D eigenvalue weighted by Crippen LogP contribution is -2.50. The second-order valence-corrected chi connectivity index (χ2v) is 7.41. The second kappa shape index (κ2) is 6.22. The second-order valence-electron chi connectivity index (χ2n) is 5.65. The van der Waals surface area contributed by atoms with E-state index in [1.807, 2.05) is 6.92 Å². The molecule has 2 rings (SSSR count). The van der Waals surface area contributed by atoms with Crippen molar-refractivity contribution in [2.75, 3.05) is 0 Å². The van der Waals surface area contributed by atoms with Gasteiger partial charge in [-0.15, -0.1) is 11.3 Å². The van der Waals surface area contributed by atoms with Gasteiger partial charge in [0.05, 0.1) is 16.4 Å². The normalized spacial score (nSPS) is 19.3. The summed E-state index contributed by atoms with van der Waals surface area (Å²) in [5.41, 5.74) is 5.26. The van der Waals surface area contributed by atoms with Crippen molar-refractivity contribution in [3.8, 4) is 0 Å². The monoisotopic (exact) mass is 310 g/mol. The number of nitrogens with two attached hydrogens (primary N) is 1. The van der Waals surface area contributed by atoms with E-state index in [0.29, 0.717) is 4.99 Å². The predicted molar refractivity (Wildman–Crippen MR) is 87.9 cm³/mol. The Morgan fingerprint density at radius 1 is 1.40 bits per heavy atom. The molecule has 110 valence electrons. The molecule has 1 atom stereocenters. The third kappa shape index (κ3) is 3.04. The molecule has 1 fully saturated rings. The van der Waals surface area contributed by atoms with Crippen LogP contribution >= 0.6 is 23.6 Å². The molecular weight excluding hydrogens is 288 g/mol. The molecule has 0 radical (unpaired) electrons. The summed E-state index contributed by atoms with van der Waals surface area (Å²) in [6, 6.07) is 4.15.